The van der Waals surface area contributed by atoms with Crippen molar-refractivity contribution in [1.82, 2.24) is 14.7 Å². The van der Waals surface area contributed by atoms with Crippen molar-refractivity contribution in [3.63, 3.8) is 0 Å². The van der Waals surface area contributed by atoms with Gasteiger partial charge in [0, 0.05) is 29.8 Å². The molecule has 0 unspecified atom stereocenters. The third-order valence-electron chi connectivity index (χ3n) is 8.12. The van der Waals surface area contributed by atoms with Gasteiger partial charge in [0.15, 0.2) is 5.69 Å². The highest BCUT2D eigenvalue weighted by Gasteiger charge is 2.44. The number of halogens is 3. The molecular formula is C29H33F3N4O2. The van der Waals surface area contributed by atoms with E-state index in [2.05, 4.69) is 36.0 Å². The summed E-state index contributed by atoms with van der Waals surface area (Å²) in [5.74, 6) is 0.0726. The lowest BCUT2D eigenvalue weighted by atomic mass is 9.64. The summed E-state index contributed by atoms with van der Waals surface area (Å²) in [4.78, 5) is 17.7. The van der Waals surface area contributed by atoms with E-state index in [9.17, 15) is 18.0 Å². The van der Waals surface area contributed by atoms with Gasteiger partial charge in [0.1, 0.15) is 11.4 Å². The van der Waals surface area contributed by atoms with Crippen molar-refractivity contribution in [3.05, 3.63) is 71.0 Å². The molecule has 3 aromatic rings. The molecule has 1 fully saturated rings. The number of fused-ring (bicyclic) bond motifs is 1. The van der Waals surface area contributed by atoms with E-state index in [0.29, 0.717) is 17.1 Å². The topological polar surface area (TPSA) is 50.6 Å². The van der Waals surface area contributed by atoms with Crippen molar-refractivity contribution in [2.75, 3.05) is 38.2 Å². The molecule has 2 aliphatic rings. The van der Waals surface area contributed by atoms with Gasteiger partial charge in [-0.15, -0.1) is 0 Å². The fourth-order valence-corrected chi connectivity index (χ4v) is 5.76. The molecule has 1 amide bonds. The Labute approximate surface area is 221 Å². The third kappa shape index (κ3) is 4.57. The number of carbonyl (C=O) groups excluding carboxylic acids is 1. The molecule has 1 saturated carbocycles. The second-order valence-electron chi connectivity index (χ2n) is 10.1. The summed E-state index contributed by atoms with van der Waals surface area (Å²) in [5, 5.41) is 3.87. The van der Waals surface area contributed by atoms with Crippen LogP contribution in [-0.4, -0.2) is 53.9 Å². The van der Waals surface area contributed by atoms with Crippen molar-refractivity contribution in [2.45, 2.75) is 51.1 Å². The molecular weight excluding hydrogens is 493 g/mol. The number of ether oxygens (including phenoxy) is 1. The molecule has 2 heterocycles. The van der Waals surface area contributed by atoms with Gasteiger partial charge in [-0.2, -0.15) is 18.3 Å². The van der Waals surface area contributed by atoms with E-state index in [0.717, 1.165) is 37.2 Å². The first kappa shape index (κ1) is 26.3. The summed E-state index contributed by atoms with van der Waals surface area (Å²) in [7, 11) is 1.51. The van der Waals surface area contributed by atoms with Crippen LogP contribution in [0.3, 0.4) is 0 Å². The molecule has 0 spiro atoms. The highest BCUT2D eigenvalue weighted by Crippen LogP contribution is 2.45. The van der Waals surface area contributed by atoms with Crippen LogP contribution in [0.1, 0.15) is 60.4 Å². The quantitative estimate of drug-likeness (QED) is 0.369. The summed E-state index contributed by atoms with van der Waals surface area (Å²) in [6.45, 7) is 7.53. The van der Waals surface area contributed by atoms with Crippen LogP contribution in [0.25, 0.3) is 5.69 Å². The average molecular weight is 527 g/mol. The Bertz CT molecular complexity index is 1290. The molecule has 1 aliphatic heterocycles. The number of aromatic nitrogens is 2. The molecule has 6 nitrogen and oxygen atoms in total. The van der Waals surface area contributed by atoms with Crippen molar-refractivity contribution >= 4 is 11.6 Å². The molecule has 202 valence electrons. The van der Waals surface area contributed by atoms with E-state index in [-0.39, 0.29) is 29.6 Å². The number of hydrogen-bond donors (Lipinski definition) is 0. The van der Waals surface area contributed by atoms with Gasteiger partial charge in [0.25, 0.3) is 5.91 Å². The summed E-state index contributed by atoms with van der Waals surface area (Å²) < 4.78 is 47.9. The maximum absolute atomic E-state index is 13.9. The molecule has 2 aromatic carbocycles. The number of alkyl halides is 3. The normalized spacial score (nSPS) is 16.9. The lowest BCUT2D eigenvalue weighted by Gasteiger charge is -2.45. The summed E-state index contributed by atoms with van der Waals surface area (Å²) in [6, 6.07) is 14.5. The van der Waals surface area contributed by atoms with Gasteiger partial charge in [-0.25, -0.2) is 4.68 Å². The SMILES string of the molecule is CCN(CC)CC1(c2ccc(N3CCc4c(C(F)(F)F)nn(-c5ccc(OC)cc5)c4C3=O)cc2)CCC1. The third-order valence-corrected chi connectivity index (χ3v) is 8.12. The van der Waals surface area contributed by atoms with Crippen LogP contribution >= 0.6 is 0 Å². The van der Waals surface area contributed by atoms with E-state index in [1.54, 1.807) is 29.2 Å². The number of hydrogen-bond acceptors (Lipinski definition) is 4. The zero-order valence-corrected chi connectivity index (χ0v) is 22.0. The number of methoxy groups -OCH3 is 1. The summed E-state index contributed by atoms with van der Waals surface area (Å²) in [5.41, 5.74) is 1.32. The predicted molar refractivity (Wildman–Crippen MR) is 140 cm³/mol. The monoisotopic (exact) mass is 526 g/mol. The van der Waals surface area contributed by atoms with Crippen LogP contribution in [0.4, 0.5) is 18.9 Å². The lowest BCUT2D eigenvalue weighted by Crippen LogP contribution is -2.45. The number of amides is 1. The van der Waals surface area contributed by atoms with E-state index in [1.807, 2.05) is 12.1 Å². The number of carbonyl (C=O) groups is 1. The lowest BCUT2D eigenvalue weighted by molar-refractivity contribution is -0.141. The van der Waals surface area contributed by atoms with Crippen molar-refractivity contribution in [1.29, 1.82) is 0 Å². The zero-order valence-electron chi connectivity index (χ0n) is 22.0. The van der Waals surface area contributed by atoms with E-state index >= 15 is 0 Å². The minimum absolute atomic E-state index is 0.0465. The Morgan fingerprint density at radius 1 is 1.00 bits per heavy atom. The second-order valence-corrected chi connectivity index (χ2v) is 10.1. The largest absolute Gasteiger partial charge is 0.497 e. The van der Waals surface area contributed by atoms with Crippen molar-refractivity contribution in [2.24, 2.45) is 0 Å². The van der Waals surface area contributed by atoms with Gasteiger partial charge in [0.2, 0.25) is 0 Å². The first-order valence-corrected chi connectivity index (χ1v) is 13.2. The Balaban J connectivity index is 1.48. The van der Waals surface area contributed by atoms with Gasteiger partial charge in [0.05, 0.1) is 12.8 Å². The fourth-order valence-electron chi connectivity index (χ4n) is 5.76. The summed E-state index contributed by atoms with van der Waals surface area (Å²) in [6.07, 6.45) is -1.12. The fraction of sp³-hybridized carbons (Fsp3) is 0.448. The van der Waals surface area contributed by atoms with Crippen LogP contribution in [-0.2, 0) is 18.0 Å². The van der Waals surface area contributed by atoms with Crippen LogP contribution in [0.2, 0.25) is 0 Å². The Morgan fingerprint density at radius 3 is 2.16 bits per heavy atom. The standard InChI is InChI=1S/C29H33F3N4O2/c1-4-34(5-2)19-28(16-6-17-28)20-7-9-21(10-8-20)35-18-15-24-25(27(35)37)36(33-26(24)29(30,31)32)22-11-13-23(38-3)14-12-22/h7-14H,4-6,15-19H2,1-3H3. The van der Waals surface area contributed by atoms with Gasteiger partial charge < -0.3 is 14.5 Å². The van der Waals surface area contributed by atoms with Crippen molar-refractivity contribution < 1.29 is 22.7 Å². The number of nitrogens with zero attached hydrogens (tertiary/aromatic N) is 4. The first-order chi connectivity index (χ1) is 18.2. The molecule has 0 saturated heterocycles. The Hall–Kier alpha value is -3.33. The number of likely N-dealkylation sites (N-methyl/N-ethyl adjacent to an activating group) is 1. The second kappa shape index (κ2) is 10.1. The van der Waals surface area contributed by atoms with Crippen LogP contribution < -0.4 is 9.64 Å². The molecule has 0 radical (unpaired) electrons. The van der Waals surface area contributed by atoms with E-state index in [4.69, 9.17) is 4.74 Å². The molecule has 5 rings (SSSR count). The molecule has 0 N–H and O–H groups in total. The van der Waals surface area contributed by atoms with Gasteiger partial charge in [-0.1, -0.05) is 32.4 Å². The Kier molecular flexibility index (Phi) is 6.98. The van der Waals surface area contributed by atoms with Gasteiger partial charge >= 0.3 is 6.18 Å². The van der Waals surface area contributed by atoms with Gasteiger partial charge in [-0.3, -0.25) is 4.79 Å². The number of benzene rings is 2. The minimum Gasteiger partial charge on any atom is -0.497 e. The molecule has 9 heteroatoms. The number of rotatable bonds is 8. The predicted octanol–water partition coefficient (Wildman–Crippen LogP) is 5.87. The average Bonchev–Trinajstić information content (AvgIpc) is 3.30. The van der Waals surface area contributed by atoms with Gasteiger partial charge in [-0.05, 0) is 74.3 Å². The minimum atomic E-state index is -4.66. The maximum Gasteiger partial charge on any atom is 0.435 e. The Morgan fingerprint density at radius 2 is 1.63 bits per heavy atom. The highest BCUT2D eigenvalue weighted by molar-refractivity contribution is 6.07. The van der Waals surface area contributed by atoms with Crippen molar-refractivity contribution in [3.8, 4) is 11.4 Å². The maximum atomic E-state index is 13.9. The van der Waals surface area contributed by atoms with Crippen LogP contribution in [0.5, 0.6) is 5.75 Å². The molecule has 1 aliphatic carbocycles. The zero-order chi connectivity index (χ0) is 27.1. The molecule has 38 heavy (non-hydrogen) atoms. The first-order valence-electron chi connectivity index (χ1n) is 13.2. The molecule has 0 bridgehead atoms. The highest BCUT2D eigenvalue weighted by atomic mass is 19.4. The smallest absolute Gasteiger partial charge is 0.435 e. The number of anilines is 1. The van der Waals surface area contributed by atoms with Crippen LogP contribution in [0, 0.1) is 0 Å². The molecule has 1 aromatic heterocycles. The molecule has 0 atom stereocenters. The summed E-state index contributed by atoms with van der Waals surface area (Å²) >= 11 is 0. The van der Waals surface area contributed by atoms with E-state index < -0.39 is 17.8 Å². The van der Waals surface area contributed by atoms with Crippen LogP contribution in [0.15, 0.2) is 48.5 Å². The van der Waals surface area contributed by atoms with E-state index in [1.165, 1.54) is 19.1 Å².